The van der Waals surface area contributed by atoms with Crippen molar-refractivity contribution >= 4 is 23.5 Å². The fourth-order valence-corrected chi connectivity index (χ4v) is 1.24. The van der Waals surface area contributed by atoms with E-state index in [9.17, 15) is 12.9 Å². The molecule has 7 heteroatoms. The minimum absolute atomic E-state index is 0.407. The van der Waals surface area contributed by atoms with Crippen LogP contribution in [-0.4, -0.2) is 21.7 Å². The zero-order valence-electron chi connectivity index (χ0n) is 7.28. The summed E-state index contributed by atoms with van der Waals surface area (Å²) in [5, 5.41) is 4.22. The van der Waals surface area contributed by atoms with Crippen LogP contribution in [0.15, 0.2) is 18.5 Å². The molecule has 0 aromatic carbocycles. The van der Waals surface area contributed by atoms with Crippen molar-refractivity contribution < 1.29 is 12.9 Å². The quantitative estimate of drug-likeness (QED) is 0.643. The number of halogens is 3. The zero-order chi connectivity index (χ0) is 10.3. The van der Waals surface area contributed by atoms with Crippen LogP contribution in [0.25, 0.3) is 11.0 Å². The molecule has 0 atom stereocenters. The Balaban J connectivity index is 2.63. The van der Waals surface area contributed by atoms with E-state index in [-0.39, 0.29) is 0 Å². The SMILES string of the molecule is Cn1ncc2cc([B-](F)(F)F)cnc21. The Morgan fingerprint density at radius 2 is 2.00 bits per heavy atom. The molecule has 0 radical (unpaired) electrons. The monoisotopic (exact) mass is 200 g/mol. The fraction of sp³-hybridized carbons (Fsp3) is 0.143. The van der Waals surface area contributed by atoms with Gasteiger partial charge in [0.05, 0.1) is 6.20 Å². The van der Waals surface area contributed by atoms with Crippen molar-refractivity contribution in [3.8, 4) is 0 Å². The smallest absolute Gasteiger partial charge is 0.445 e. The van der Waals surface area contributed by atoms with Gasteiger partial charge < -0.3 is 12.9 Å². The maximum atomic E-state index is 12.3. The Bertz CT molecular complexity index is 476. The highest BCUT2D eigenvalue weighted by molar-refractivity contribution is 6.73. The fourth-order valence-electron chi connectivity index (χ4n) is 1.24. The second-order valence-electron chi connectivity index (χ2n) is 3.02. The van der Waals surface area contributed by atoms with E-state index < -0.39 is 12.4 Å². The lowest BCUT2D eigenvalue weighted by Gasteiger charge is -2.13. The molecular formula is C7H6BF3N3-. The van der Waals surface area contributed by atoms with Crippen molar-refractivity contribution in [3.63, 3.8) is 0 Å². The Morgan fingerprint density at radius 3 is 2.64 bits per heavy atom. The van der Waals surface area contributed by atoms with Crippen LogP contribution < -0.4 is 5.46 Å². The molecule has 2 heterocycles. The molecule has 0 bridgehead atoms. The summed E-state index contributed by atoms with van der Waals surface area (Å²) in [6, 6.07) is 1.06. The summed E-state index contributed by atoms with van der Waals surface area (Å²) in [7, 11) is 1.63. The van der Waals surface area contributed by atoms with E-state index in [0.29, 0.717) is 11.0 Å². The molecule has 0 saturated carbocycles. The molecule has 0 unspecified atom stereocenters. The van der Waals surface area contributed by atoms with E-state index in [1.165, 1.54) is 10.9 Å². The average Bonchev–Trinajstić information content (AvgIpc) is 2.46. The third-order valence-electron chi connectivity index (χ3n) is 1.97. The lowest BCUT2D eigenvalue weighted by Crippen LogP contribution is -2.34. The van der Waals surface area contributed by atoms with Crippen LogP contribution in [0.5, 0.6) is 0 Å². The van der Waals surface area contributed by atoms with Gasteiger partial charge in [-0.05, 0) is 0 Å². The van der Waals surface area contributed by atoms with Crippen LogP contribution in [-0.2, 0) is 7.05 Å². The topological polar surface area (TPSA) is 30.7 Å². The van der Waals surface area contributed by atoms with E-state index in [4.69, 9.17) is 0 Å². The third-order valence-corrected chi connectivity index (χ3v) is 1.97. The third kappa shape index (κ3) is 1.34. The summed E-state index contributed by atoms with van der Waals surface area (Å²) in [5.74, 6) is 0. The molecule has 0 fully saturated rings. The van der Waals surface area contributed by atoms with E-state index in [2.05, 4.69) is 10.1 Å². The predicted octanol–water partition coefficient (Wildman–Crippen LogP) is 1.02. The van der Waals surface area contributed by atoms with Crippen LogP contribution >= 0.6 is 0 Å². The summed E-state index contributed by atoms with van der Waals surface area (Å²) in [6.07, 6.45) is 2.21. The number of fused-ring (bicyclic) bond motifs is 1. The van der Waals surface area contributed by atoms with Gasteiger partial charge in [0.1, 0.15) is 0 Å². The van der Waals surface area contributed by atoms with Crippen LogP contribution in [0, 0.1) is 0 Å². The zero-order valence-corrected chi connectivity index (χ0v) is 7.28. The van der Waals surface area contributed by atoms with Crippen molar-refractivity contribution in [1.82, 2.24) is 14.8 Å². The lowest BCUT2D eigenvalue weighted by molar-refractivity contribution is 0.501. The molecule has 0 amide bonds. The molecule has 0 aliphatic rings. The van der Waals surface area contributed by atoms with Crippen molar-refractivity contribution in [2.24, 2.45) is 7.05 Å². The van der Waals surface area contributed by atoms with Gasteiger partial charge in [0.2, 0.25) is 0 Å². The maximum absolute atomic E-state index is 12.3. The van der Waals surface area contributed by atoms with Crippen LogP contribution in [0.3, 0.4) is 0 Å². The van der Waals surface area contributed by atoms with Gasteiger partial charge in [0, 0.05) is 18.6 Å². The second-order valence-corrected chi connectivity index (χ2v) is 3.02. The van der Waals surface area contributed by atoms with Gasteiger partial charge in [-0.1, -0.05) is 11.5 Å². The summed E-state index contributed by atoms with van der Waals surface area (Å²) >= 11 is 0. The molecule has 0 aliphatic carbocycles. The van der Waals surface area contributed by atoms with E-state index >= 15 is 0 Å². The van der Waals surface area contributed by atoms with Gasteiger partial charge in [0.25, 0.3) is 0 Å². The van der Waals surface area contributed by atoms with Gasteiger partial charge >= 0.3 is 6.98 Å². The first kappa shape index (κ1) is 9.05. The lowest BCUT2D eigenvalue weighted by atomic mass is 9.81. The van der Waals surface area contributed by atoms with E-state index in [0.717, 1.165) is 12.3 Å². The molecule has 74 valence electrons. The van der Waals surface area contributed by atoms with Crippen molar-refractivity contribution in [2.75, 3.05) is 0 Å². The molecule has 2 rings (SSSR count). The Kier molecular flexibility index (Phi) is 1.76. The molecule has 14 heavy (non-hydrogen) atoms. The summed E-state index contributed by atoms with van der Waals surface area (Å²) in [5.41, 5.74) is -0.237. The highest BCUT2D eigenvalue weighted by atomic mass is 19.4. The summed E-state index contributed by atoms with van der Waals surface area (Å²) in [4.78, 5) is 3.70. The highest BCUT2D eigenvalue weighted by Gasteiger charge is 2.26. The second kappa shape index (κ2) is 2.73. The predicted molar refractivity (Wildman–Crippen MR) is 47.2 cm³/mol. The van der Waals surface area contributed by atoms with E-state index in [1.54, 1.807) is 7.05 Å². The van der Waals surface area contributed by atoms with Crippen LogP contribution in [0.1, 0.15) is 0 Å². The van der Waals surface area contributed by atoms with Crippen molar-refractivity contribution in [1.29, 1.82) is 0 Å². The van der Waals surface area contributed by atoms with Gasteiger partial charge in [-0.25, -0.2) is 4.98 Å². The average molecular weight is 200 g/mol. The largest absolute Gasteiger partial charge is 0.511 e. The number of rotatable bonds is 1. The maximum Gasteiger partial charge on any atom is 0.511 e. The number of aryl methyl sites for hydroxylation is 1. The first-order valence-corrected chi connectivity index (χ1v) is 3.96. The minimum Gasteiger partial charge on any atom is -0.445 e. The van der Waals surface area contributed by atoms with Crippen LogP contribution in [0.2, 0.25) is 0 Å². The van der Waals surface area contributed by atoms with Gasteiger partial charge in [-0.2, -0.15) is 5.10 Å². The normalized spacial score (nSPS) is 12.3. The first-order valence-electron chi connectivity index (χ1n) is 3.96. The molecule has 3 nitrogen and oxygen atoms in total. The standard InChI is InChI=1S/C7H6BF3N3/c1-14-7-5(3-13-14)2-6(4-12-7)8(9,10)11/h2-4H,1H3/q-1. The number of hydrogen-bond donors (Lipinski definition) is 0. The van der Waals surface area contributed by atoms with Crippen molar-refractivity contribution in [2.45, 2.75) is 0 Å². The molecule has 0 saturated heterocycles. The molecule has 2 aromatic rings. The molecule has 2 aromatic heterocycles. The number of pyridine rings is 1. The Hall–Kier alpha value is -1.53. The molecule has 0 N–H and O–H groups in total. The van der Waals surface area contributed by atoms with Crippen LogP contribution in [0.4, 0.5) is 12.9 Å². The van der Waals surface area contributed by atoms with E-state index in [1.807, 2.05) is 0 Å². The number of nitrogens with zero attached hydrogens (tertiary/aromatic N) is 3. The van der Waals surface area contributed by atoms with Gasteiger partial charge in [0.15, 0.2) is 5.65 Å². The van der Waals surface area contributed by atoms with Gasteiger partial charge in [-0.15, -0.1) is 0 Å². The number of aromatic nitrogens is 3. The highest BCUT2D eigenvalue weighted by Crippen LogP contribution is 2.13. The van der Waals surface area contributed by atoms with Gasteiger partial charge in [-0.3, -0.25) is 4.68 Å². The summed E-state index contributed by atoms with van der Waals surface area (Å²) in [6.45, 7) is -4.98. The van der Waals surface area contributed by atoms with Crippen molar-refractivity contribution in [3.05, 3.63) is 18.5 Å². The first-order chi connectivity index (χ1) is 6.48. The Morgan fingerprint density at radius 1 is 1.29 bits per heavy atom. The minimum atomic E-state index is -4.98. The molecular weight excluding hydrogens is 194 g/mol. The molecule has 0 spiro atoms. The Labute approximate surface area is 77.6 Å². The summed E-state index contributed by atoms with van der Waals surface area (Å²) < 4.78 is 38.4. The number of hydrogen-bond acceptors (Lipinski definition) is 2. The molecule has 0 aliphatic heterocycles.